The zero-order chi connectivity index (χ0) is 19.0. The van der Waals surface area contributed by atoms with Crippen molar-refractivity contribution in [2.75, 3.05) is 11.6 Å². The smallest absolute Gasteiger partial charge is 0.278 e. The molecular weight excluding hydrogens is 360 g/mol. The van der Waals surface area contributed by atoms with Crippen LogP contribution in [0.2, 0.25) is 0 Å². The predicted molar refractivity (Wildman–Crippen MR) is 109 cm³/mol. The maximum absolute atomic E-state index is 13.0. The van der Waals surface area contributed by atoms with Gasteiger partial charge in [-0.25, -0.2) is 4.98 Å². The van der Waals surface area contributed by atoms with Crippen molar-refractivity contribution in [1.29, 1.82) is 0 Å². The van der Waals surface area contributed by atoms with Gasteiger partial charge in [0, 0.05) is 29.2 Å². The Kier molecular flexibility index (Phi) is 4.78. The third kappa shape index (κ3) is 3.39. The van der Waals surface area contributed by atoms with Gasteiger partial charge in [0.1, 0.15) is 17.9 Å². The molecule has 4 rings (SSSR count). The average Bonchev–Trinajstić information content (AvgIpc) is 2.97. The van der Waals surface area contributed by atoms with Crippen molar-refractivity contribution >= 4 is 34.4 Å². The molecule has 3 aromatic rings. The number of carbonyl (C=O) groups is 1. The fourth-order valence-corrected chi connectivity index (χ4v) is 4.10. The Balaban J connectivity index is 1.66. The maximum Gasteiger partial charge on any atom is 0.278 e. The van der Waals surface area contributed by atoms with Crippen LogP contribution in [-0.2, 0) is 24.3 Å². The Bertz CT molecular complexity index is 1080. The molecule has 0 radical (unpaired) electrons. The molecule has 3 heterocycles. The van der Waals surface area contributed by atoms with Crippen LogP contribution in [0.1, 0.15) is 24.4 Å². The molecule has 0 aliphatic carbocycles. The number of aromatic nitrogens is 3. The van der Waals surface area contributed by atoms with E-state index in [9.17, 15) is 9.59 Å². The van der Waals surface area contributed by atoms with Crippen LogP contribution >= 0.6 is 11.8 Å². The van der Waals surface area contributed by atoms with Crippen LogP contribution in [0.15, 0.2) is 40.0 Å². The van der Waals surface area contributed by atoms with E-state index in [1.807, 2.05) is 43.5 Å². The minimum absolute atomic E-state index is 0.0417. The minimum atomic E-state index is -0.157. The number of nitrogens with zero attached hydrogens (tertiary/aromatic N) is 3. The second kappa shape index (κ2) is 7.23. The number of benzene rings is 1. The number of amides is 1. The van der Waals surface area contributed by atoms with Crippen LogP contribution in [-0.4, -0.2) is 26.3 Å². The van der Waals surface area contributed by atoms with E-state index in [1.165, 1.54) is 0 Å². The molecule has 6 nitrogen and oxygen atoms in total. The van der Waals surface area contributed by atoms with E-state index in [0.29, 0.717) is 17.6 Å². The molecule has 27 heavy (non-hydrogen) atoms. The monoisotopic (exact) mass is 382 g/mol. The standard InChI is InChI=1S/C20H22N4O2S/c1-13-10-16-19(20(26)23-9-4-3-8-17(23)22-16)24(13)12-18(25)21-14-6-5-7-15(11-14)27-2/h5-7,10-11H,3-4,8-9,12H2,1-2H3,(H,21,25). The summed E-state index contributed by atoms with van der Waals surface area (Å²) in [5.74, 6) is 0.699. The number of fused-ring (bicyclic) bond motifs is 2. The first-order valence-electron chi connectivity index (χ1n) is 9.10. The molecule has 1 aliphatic heterocycles. The highest BCUT2D eigenvalue weighted by atomic mass is 32.2. The van der Waals surface area contributed by atoms with Gasteiger partial charge in [0.25, 0.3) is 5.56 Å². The maximum atomic E-state index is 13.0. The topological polar surface area (TPSA) is 68.9 Å². The molecule has 1 N–H and O–H groups in total. The molecule has 0 saturated heterocycles. The molecule has 2 aromatic heterocycles. The van der Waals surface area contributed by atoms with Crippen molar-refractivity contribution in [2.45, 2.75) is 44.2 Å². The Hall–Kier alpha value is -2.54. The van der Waals surface area contributed by atoms with Crippen LogP contribution in [0.3, 0.4) is 0 Å². The number of aryl methyl sites for hydroxylation is 2. The highest BCUT2D eigenvalue weighted by Crippen LogP contribution is 2.20. The van der Waals surface area contributed by atoms with E-state index in [-0.39, 0.29) is 18.0 Å². The lowest BCUT2D eigenvalue weighted by Gasteiger charge is -2.17. The van der Waals surface area contributed by atoms with Gasteiger partial charge >= 0.3 is 0 Å². The summed E-state index contributed by atoms with van der Waals surface area (Å²) in [6, 6.07) is 9.62. The van der Waals surface area contributed by atoms with Gasteiger partial charge in [0.2, 0.25) is 5.91 Å². The summed E-state index contributed by atoms with van der Waals surface area (Å²) in [5, 5.41) is 2.93. The molecule has 0 fully saturated rings. The van der Waals surface area contributed by atoms with Crippen LogP contribution in [0.4, 0.5) is 5.69 Å². The van der Waals surface area contributed by atoms with E-state index in [0.717, 1.165) is 41.4 Å². The molecule has 0 atom stereocenters. The number of hydrogen-bond acceptors (Lipinski definition) is 4. The Labute approximate surface area is 161 Å². The quantitative estimate of drug-likeness (QED) is 0.704. The number of hydrogen-bond donors (Lipinski definition) is 1. The van der Waals surface area contributed by atoms with Gasteiger partial charge in [-0.15, -0.1) is 11.8 Å². The molecule has 1 aromatic carbocycles. The molecule has 1 aliphatic rings. The number of thioether (sulfide) groups is 1. The predicted octanol–water partition coefficient (Wildman–Crippen LogP) is 3.20. The van der Waals surface area contributed by atoms with Crippen LogP contribution in [0.5, 0.6) is 0 Å². The van der Waals surface area contributed by atoms with E-state index in [2.05, 4.69) is 10.3 Å². The second-order valence-electron chi connectivity index (χ2n) is 6.83. The van der Waals surface area contributed by atoms with Gasteiger partial charge in [-0.2, -0.15) is 0 Å². The first-order valence-corrected chi connectivity index (χ1v) is 10.3. The molecule has 0 spiro atoms. The van der Waals surface area contributed by atoms with Crippen LogP contribution < -0.4 is 10.9 Å². The van der Waals surface area contributed by atoms with E-state index < -0.39 is 0 Å². The van der Waals surface area contributed by atoms with E-state index in [4.69, 9.17) is 0 Å². The Morgan fingerprint density at radius 1 is 1.30 bits per heavy atom. The largest absolute Gasteiger partial charge is 0.330 e. The summed E-state index contributed by atoms with van der Waals surface area (Å²) in [6.07, 6.45) is 4.89. The second-order valence-corrected chi connectivity index (χ2v) is 7.71. The minimum Gasteiger partial charge on any atom is -0.330 e. The zero-order valence-electron chi connectivity index (χ0n) is 15.5. The summed E-state index contributed by atoms with van der Waals surface area (Å²) in [4.78, 5) is 31.4. The van der Waals surface area contributed by atoms with Crippen LogP contribution in [0, 0.1) is 6.92 Å². The number of nitrogens with one attached hydrogen (secondary N) is 1. The van der Waals surface area contributed by atoms with Crippen LogP contribution in [0.25, 0.3) is 11.0 Å². The summed E-state index contributed by atoms with van der Waals surface area (Å²) < 4.78 is 3.54. The Morgan fingerprint density at radius 2 is 2.15 bits per heavy atom. The number of carbonyl (C=O) groups excluding carboxylic acids is 1. The SMILES string of the molecule is CSc1cccc(NC(=O)Cn2c(C)cc3nc4n(c(=O)c32)CCCC4)c1. The highest BCUT2D eigenvalue weighted by molar-refractivity contribution is 7.98. The average molecular weight is 382 g/mol. The van der Waals surface area contributed by atoms with Gasteiger partial charge in [-0.3, -0.25) is 14.2 Å². The summed E-state index contributed by atoms with van der Waals surface area (Å²) in [6.45, 7) is 2.70. The summed E-state index contributed by atoms with van der Waals surface area (Å²) in [7, 11) is 0. The lowest BCUT2D eigenvalue weighted by atomic mass is 10.1. The number of anilines is 1. The van der Waals surface area contributed by atoms with Gasteiger partial charge < -0.3 is 9.88 Å². The van der Waals surface area contributed by atoms with Crippen molar-refractivity contribution in [3.05, 3.63) is 52.2 Å². The van der Waals surface area contributed by atoms with Crippen molar-refractivity contribution in [3.63, 3.8) is 0 Å². The van der Waals surface area contributed by atoms with E-state index in [1.54, 1.807) is 20.9 Å². The third-order valence-corrected chi connectivity index (χ3v) is 5.71. The van der Waals surface area contributed by atoms with Crippen molar-refractivity contribution in [2.24, 2.45) is 0 Å². The van der Waals surface area contributed by atoms with Crippen molar-refractivity contribution in [1.82, 2.24) is 14.1 Å². The van der Waals surface area contributed by atoms with Crippen molar-refractivity contribution in [3.8, 4) is 0 Å². The molecule has 140 valence electrons. The molecule has 0 unspecified atom stereocenters. The molecular formula is C20H22N4O2S. The highest BCUT2D eigenvalue weighted by Gasteiger charge is 2.19. The number of rotatable bonds is 4. The summed E-state index contributed by atoms with van der Waals surface area (Å²) in [5.41, 5.74) is 2.78. The Morgan fingerprint density at radius 3 is 2.96 bits per heavy atom. The van der Waals surface area contributed by atoms with Crippen molar-refractivity contribution < 1.29 is 4.79 Å². The molecule has 0 saturated carbocycles. The fraction of sp³-hybridized carbons (Fsp3) is 0.350. The molecule has 7 heteroatoms. The molecule has 1 amide bonds. The molecule has 0 bridgehead atoms. The fourth-order valence-electron chi connectivity index (χ4n) is 3.64. The summed E-state index contributed by atoms with van der Waals surface area (Å²) >= 11 is 1.63. The first kappa shape index (κ1) is 17.9. The zero-order valence-corrected chi connectivity index (χ0v) is 16.3. The van der Waals surface area contributed by atoms with Gasteiger partial charge in [0.05, 0.1) is 5.52 Å². The lowest BCUT2D eigenvalue weighted by Crippen LogP contribution is -2.30. The van der Waals surface area contributed by atoms with E-state index >= 15 is 0 Å². The third-order valence-electron chi connectivity index (χ3n) is 4.98. The van der Waals surface area contributed by atoms with Gasteiger partial charge in [-0.05, 0) is 50.3 Å². The van der Waals surface area contributed by atoms with Gasteiger partial charge in [0.15, 0.2) is 0 Å². The lowest BCUT2D eigenvalue weighted by molar-refractivity contribution is -0.116. The normalized spacial score (nSPS) is 13.6. The first-order chi connectivity index (χ1) is 13.1. The van der Waals surface area contributed by atoms with Gasteiger partial charge in [-0.1, -0.05) is 6.07 Å².